The van der Waals surface area contributed by atoms with E-state index in [2.05, 4.69) is 10.6 Å². The Morgan fingerprint density at radius 1 is 1.14 bits per heavy atom. The fourth-order valence-electron chi connectivity index (χ4n) is 2.38. The number of ether oxygens (including phenoxy) is 2. The Morgan fingerprint density at radius 2 is 1.82 bits per heavy atom. The average molecular weight is 420 g/mol. The van der Waals surface area contributed by atoms with E-state index in [0.717, 1.165) is 5.56 Å². The van der Waals surface area contributed by atoms with E-state index in [1.165, 1.54) is 6.20 Å². The maximum absolute atomic E-state index is 12.2. The van der Waals surface area contributed by atoms with Gasteiger partial charge in [-0.1, -0.05) is 35.3 Å². The van der Waals surface area contributed by atoms with E-state index >= 15 is 0 Å². The van der Waals surface area contributed by atoms with E-state index in [0.29, 0.717) is 40.2 Å². The van der Waals surface area contributed by atoms with E-state index in [4.69, 9.17) is 32.7 Å². The summed E-state index contributed by atoms with van der Waals surface area (Å²) >= 11 is 12.1. The van der Waals surface area contributed by atoms with Crippen LogP contribution in [0.25, 0.3) is 0 Å². The smallest absolute Gasteiger partial charge is 0.263 e. The molecule has 0 aliphatic carbocycles. The second kappa shape index (κ2) is 10.5. The van der Waals surface area contributed by atoms with Crippen LogP contribution in [0.4, 0.5) is 5.69 Å². The minimum Gasteiger partial charge on any atom is -0.493 e. The third-order valence-corrected chi connectivity index (χ3v) is 4.47. The van der Waals surface area contributed by atoms with Crippen molar-refractivity contribution in [3.05, 3.63) is 63.8 Å². The van der Waals surface area contributed by atoms with Crippen LogP contribution in [0, 0.1) is 11.3 Å². The molecule has 0 saturated carbocycles. The van der Waals surface area contributed by atoms with E-state index in [9.17, 15) is 10.1 Å². The molecule has 0 heterocycles. The van der Waals surface area contributed by atoms with Gasteiger partial charge in [-0.05, 0) is 36.2 Å². The number of benzene rings is 2. The van der Waals surface area contributed by atoms with Gasteiger partial charge >= 0.3 is 0 Å². The molecule has 0 fully saturated rings. The maximum atomic E-state index is 12.2. The largest absolute Gasteiger partial charge is 0.493 e. The van der Waals surface area contributed by atoms with Crippen LogP contribution in [-0.2, 0) is 11.2 Å². The van der Waals surface area contributed by atoms with Gasteiger partial charge in [0.05, 0.1) is 30.0 Å². The van der Waals surface area contributed by atoms with Crippen molar-refractivity contribution in [2.75, 3.05) is 26.1 Å². The van der Waals surface area contributed by atoms with Crippen LogP contribution in [0.3, 0.4) is 0 Å². The van der Waals surface area contributed by atoms with E-state index in [1.807, 2.05) is 18.2 Å². The van der Waals surface area contributed by atoms with Crippen molar-refractivity contribution in [1.82, 2.24) is 5.32 Å². The van der Waals surface area contributed by atoms with E-state index in [1.54, 1.807) is 38.5 Å². The lowest BCUT2D eigenvalue weighted by Crippen LogP contribution is -2.27. The van der Waals surface area contributed by atoms with Gasteiger partial charge in [-0.3, -0.25) is 4.79 Å². The molecular formula is C20H19Cl2N3O3. The summed E-state index contributed by atoms with van der Waals surface area (Å²) in [6, 6.07) is 12.4. The number of nitrogens with zero attached hydrogens (tertiary/aromatic N) is 1. The lowest BCUT2D eigenvalue weighted by atomic mass is 10.1. The Balaban J connectivity index is 1.96. The van der Waals surface area contributed by atoms with E-state index < -0.39 is 5.91 Å². The van der Waals surface area contributed by atoms with Crippen LogP contribution in [-0.4, -0.2) is 26.7 Å². The van der Waals surface area contributed by atoms with Gasteiger partial charge in [0.1, 0.15) is 11.6 Å². The lowest BCUT2D eigenvalue weighted by Gasteiger charge is -2.10. The van der Waals surface area contributed by atoms with Gasteiger partial charge < -0.3 is 20.1 Å². The second-order valence-electron chi connectivity index (χ2n) is 5.61. The quantitative estimate of drug-likeness (QED) is 0.494. The first-order valence-corrected chi connectivity index (χ1v) is 9.05. The molecule has 0 bridgehead atoms. The van der Waals surface area contributed by atoms with Gasteiger partial charge in [0.2, 0.25) is 0 Å². The number of para-hydroxylation sites is 1. The van der Waals surface area contributed by atoms with Gasteiger partial charge in [-0.25, -0.2) is 0 Å². The lowest BCUT2D eigenvalue weighted by molar-refractivity contribution is -0.117. The molecule has 6 nitrogen and oxygen atoms in total. The van der Waals surface area contributed by atoms with Crippen molar-refractivity contribution in [3.63, 3.8) is 0 Å². The Hall–Kier alpha value is -2.88. The molecule has 0 saturated heterocycles. The number of halogens is 2. The van der Waals surface area contributed by atoms with Gasteiger partial charge in [-0.2, -0.15) is 5.26 Å². The Morgan fingerprint density at radius 3 is 2.43 bits per heavy atom. The number of methoxy groups -OCH3 is 2. The van der Waals surface area contributed by atoms with Crippen molar-refractivity contribution in [2.45, 2.75) is 6.42 Å². The summed E-state index contributed by atoms with van der Waals surface area (Å²) in [4.78, 5) is 12.2. The maximum Gasteiger partial charge on any atom is 0.263 e. The highest BCUT2D eigenvalue weighted by Gasteiger charge is 2.10. The molecule has 146 valence electrons. The van der Waals surface area contributed by atoms with Crippen molar-refractivity contribution >= 4 is 34.8 Å². The van der Waals surface area contributed by atoms with Gasteiger partial charge in [0.25, 0.3) is 5.91 Å². The standard InChI is InChI=1S/C20H19Cl2N3O3/c1-27-17-7-6-13(10-18(17)28-2)8-9-24-20(26)14(11-23)12-25-19-15(21)4-3-5-16(19)22/h3-7,10,12,25H,8-9H2,1-2H3,(H,24,26)/b14-12-. The molecule has 8 heteroatoms. The highest BCUT2D eigenvalue weighted by Crippen LogP contribution is 2.30. The Kier molecular flexibility index (Phi) is 8.00. The summed E-state index contributed by atoms with van der Waals surface area (Å²) in [5.74, 6) is 0.748. The molecule has 0 aliphatic rings. The molecule has 2 aromatic rings. The number of carbonyl (C=O) groups is 1. The number of hydrogen-bond acceptors (Lipinski definition) is 5. The SMILES string of the molecule is COc1ccc(CCNC(=O)/C(C#N)=C\Nc2c(Cl)cccc2Cl)cc1OC. The predicted molar refractivity (Wildman–Crippen MR) is 110 cm³/mol. The first-order valence-electron chi connectivity index (χ1n) is 8.30. The summed E-state index contributed by atoms with van der Waals surface area (Å²) in [6.07, 6.45) is 1.84. The van der Waals surface area contributed by atoms with Crippen LogP contribution in [0.5, 0.6) is 11.5 Å². The fraction of sp³-hybridized carbons (Fsp3) is 0.200. The topological polar surface area (TPSA) is 83.4 Å². The first kappa shape index (κ1) is 21.4. The monoisotopic (exact) mass is 419 g/mol. The van der Waals surface area contributed by atoms with Crippen molar-refractivity contribution in [2.24, 2.45) is 0 Å². The fourth-order valence-corrected chi connectivity index (χ4v) is 2.89. The summed E-state index contributed by atoms with van der Waals surface area (Å²) in [7, 11) is 3.13. The zero-order valence-electron chi connectivity index (χ0n) is 15.4. The molecule has 0 aromatic heterocycles. The van der Waals surface area contributed by atoms with Crippen molar-refractivity contribution < 1.29 is 14.3 Å². The molecule has 2 rings (SSSR count). The zero-order valence-corrected chi connectivity index (χ0v) is 16.9. The van der Waals surface area contributed by atoms with Gasteiger partial charge in [0.15, 0.2) is 11.5 Å². The first-order chi connectivity index (χ1) is 13.5. The van der Waals surface area contributed by atoms with Crippen LogP contribution in [0.1, 0.15) is 5.56 Å². The number of rotatable bonds is 8. The molecule has 0 unspecified atom stereocenters. The summed E-state index contributed by atoms with van der Waals surface area (Å²) in [6.45, 7) is 0.347. The van der Waals surface area contributed by atoms with Gasteiger partial charge in [0, 0.05) is 12.7 Å². The number of hydrogen-bond donors (Lipinski definition) is 2. The van der Waals surface area contributed by atoms with Crippen LogP contribution in [0.15, 0.2) is 48.2 Å². The minimum atomic E-state index is -0.501. The highest BCUT2D eigenvalue weighted by molar-refractivity contribution is 6.39. The third kappa shape index (κ3) is 5.56. The minimum absolute atomic E-state index is 0.0942. The number of nitriles is 1. The molecule has 2 N–H and O–H groups in total. The normalized spacial score (nSPS) is 10.8. The van der Waals surface area contributed by atoms with E-state index in [-0.39, 0.29) is 5.57 Å². The molecule has 2 aromatic carbocycles. The summed E-state index contributed by atoms with van der Waals surface area (Å²) in [5, 5.41) is 15.5. The Labute approximate surface area is 173 Å². The predicted octanol–water partition coefficient (Wildman–Crippen LogP) is 4.19. The number of anilines is 1. The molecule has 28 heavy (non-hydrogen) atoms. The molecule has 0 aliphatic heterocycles. The van der Waals surface area contributed by atoms with Crippen LogP contribution >= 0.6 is 23.2 Å². The number of nitrogens with one attached hydrogen (secondary N) is 2. The number of amides is 1. The van der Waals surface area contributed by atoms with Crippen molar-refractivity contribution in [1.29, 1.82) is 5.26 Å². The molecule has 0 spiro atoms. The molecule has 1 amide bonds. The molecule has 0 atom stereocenters. The number of carbonyl (C=O) groups excluding carboxylic acids is 1. The Bertz CT molecular complexity index is 903. The molecule has 0 radical (unpaired) electrons. The summed E-state index contributed by atoms with van der Waals surface area (Å²) < 4.78 is 10.5. The van der Waals surface area contributed by atoms with Crippen molar-refractivity contribution in [3.8, 4) is 17.6 Å². The highest BCUT2D eigenvalue weighted by atomic mass is 35.5. The second-order valence-corrected chi connectivity index (χ2v) is 6.42. The van der Waals surface area contributed by atoms with Crippen LogP contribution < -0.4 is 20.1 Å². The van der Waals surface area contributed by atoms with Gasteiger partial charge in [-0.15, -0.1) is 0 Å². The summed E-state index contributed by atoms with van der Waals surface area (Å²) in [5.41, 5.74) is 1.29. The van der Waals surface area contributed by atoms with Crippen LogP contribution in [0.2, 0.25) is 10.0 Å². The zero-order chi connectivity index (χ0) is 20.5. The molecular weight excluding hydrogens is 401 g/mol. The third-order valence-electron chi connectivity index (χ3n) is 3.84. The average Bonchev–Trinajstić information content (AvgIpc) is 2.70.